The number of hydrogen-bond donors (Lipinski definition) is 0. The van der Waals surface area contributed by atoms with Gasteiger partial charge in [-0.25, -0.2) is 4.79 Å². The van der Waals surface area contributed by atoms with Crippen molar-refractivity contribution < 1.29 is 14.3 Å². The molecule has 2 aliphatic rings. The molecule has 0 spiro atoms. The van der Waals surface area contributed by atoms with Crippen LogP contribution in [0.2, 0.25) is 0 Å². The van der Waals surface area contributed by atoms with Crippen molar-refractivity contribution in [2.75, 3.05) is 13.2 Å². The second-order valence-electron chi connectivity index (χ2n) is 10.6. The monoisotopic (exact) mass is 461 g/mol. The molecule has 2 atom stereocenters. The van der Waals surface area contributed by atoms with Gasteiger partial charge in [-0.2, -0.15) is 0 Å². The summed E-state index contributed by atoms with van der Waals surface area (Å²) in [5.74, 6) is 1.35. The van der Waals surface area contributed by atoms with E-state index in [4.69, 9.17) is 9.47 Å². The van der Waals surface area contributed by atoms with Crippen LogP contribution in [0.1, 0.15) is 93.5 Å². The highest BCUT2D eigenvalue weighted by Crippen LogP contribution is 2.41. The van der Waals surface area contributed by atoms with Crippen molar-refractivity contribution in [2.24, 2.45) is 0 Å². The summed E-state index contributed by atoms with van der Waals surface area (Å²) in [5.41, 5.74) is 7.98. The molecule has 2 aliphatic heterocycles. The molecule has 2 unspecified atom stereocenters. The van der Waals surface area contributed by atoms with E-state index in [9.17, 15) is 4.79 Å². The summed E-state index contributed by atoms with van der Waals surface area (Å²) in [7, 11) is 0. The maximum Gasteiger partial charge on any atom is 0.411 e. The van der Waals surface area contributed by atoms with Crippen molar-refractivity contribution in [1.29, 1.82) is 0 Å². The number of hydrogen-bond acceptors (Lipinski definition) is 3. The van der Waals surface area contributed by atoms with E-state index >= 15 is 0 Å². The van der Waals surface area contributed by atoms with Crippen molar-refractivity contribution in [3.63, 3.8) is 0 Å². The van der Waals surface area contributed by atoms with Gasteiger partial charge in [-0.15, -0.1) is 0 Å². The van der Waals surface area contributed by atoms with Crippen LogP contribution in [0.5, 0.6) is 0 Å². The molecule has 4 heteroatoms. The largest absolute Gasteiger partial charge is 0.445 e. The van der Waals surface area contributed by atoms with E-state index in [0.717, 1.165) is 12.0 Å². The van der Waals surface area contributed by atoms with Gasteiger partial charge in [-0.1, -0.05) is 90.1 Å². The Morgan fingerprint density at radius 2 is 1.62 bits per heavy atom. The molecule has 2 heterocycles. The number of fused-ring (bicyclic) bond motifs is 2. The van der Waals surface area contributed by atoms with Crippen LogP contribution >= 0.6 is 0 Å². The highest BCUT2D eigenvalue weighted by atomic mass is 16.6. The first-order valence-corrected chi connectivity index (χ1v) is 12.7. The van der Waals surface area contributed by atoms with E-state index in [1.165, 1.54) is 27.8 Å². The molecule has 2 bridgehead atoms. The van der Waals surface area contributed by atoms with Crippen LogP contribution in [0.4, 0.5) is 4.79 Å². The standard InChI is InChI=1S/C30H39NO3/c1-19(2)23-14-27(20(3)4)29(28(15-23)21(5)6)24-12-25-17-33-18-26(13-24)31(25)30(32)34-16-22-10-8-7-9-11-22/h7-12,14-15,19-21,25-26H,13,16-18H2,1-6H3. The summed E-state index contributed by atoms with van der Waals surface area (Å²) in [6.45, 7) is 15.0. The second kappa shape index (κ2) is 10.4. The summed E-state index contributed by atoms with van der Waals surface area (Å²) in [6.07, 6.45) is 2.81. The van der Waals surface area contributed by atoms with Gasteiger partial charge in [0.15, 0.2) is 0 Å². The molecule has 0 N–H and O–H groups in total. The summed E-state index contributed by atoms with van der Waals surface area (Å²) in [5, 5.41) is 0. The van der Waals surface area contributed by atoms with Crippen LogP contribution in [0, 0.1) is 0 Å². The number of rotatable bonds is 6. The van der Waals surface area contributed by atoms with E-state index in [0.29, 0.717) is 37.6 Å². The fourth-order valence-electron chi connectivity index (χ4n) is 5.19. The van der Waals surface area contributed by atoms with Crippen LogP contribution in [-0.4, -0.2) is 36.3 Å². The van der Waals surface area contributed by atoms with Crippen molar-refractivity contribution in [3.8, 4) is 0 Å². The van der Waals surface area contributed by atoms with Crippen LogP contribution in [0.25, 0.3) is 5.57 Å². The summed E-state index contributed by atoms with van der Waals surface area (Å²) in [6, 6.07) is 14.6. The van der Waals surface area contributed by atoms with Crippen LogP contribution in [-0.2, 0) is 16.1 Å². The minimum Gasteiger partial charge on any atom is -0.445 e. The predicted octanol–water partition coefficient (Wildman–Crippen LogP) is 7.25. The Bertz CT molecular complexity index is 1010. The third kappa shape index (κ3) is 5.07. The number of ether oxygens (including phenoxy) is 2. The zero-order chi connectivity index (χ0) is 24.4. The smallest absolute Gasteiger partial charge is 0.411 e. The first-order chi connectivity index (χ1) is 16.3. The normalized spacial score (nSPS) is 20.1. The Hall–Kier alpha value is -2.59. The molecule has 0 aromatic heterocycles. The first kappa shape index (κ1) is 24.5. The molecule has 1 saturated heterocycles. The minimum atomic E-state index is -0.249. The Balaban J connectivity index is 1.67. The van der Waals surface area contributed by atoms with E-state index in [1.807, 2.05) is 35.2 Å². The zero-order valence-corrected chi connectivity index (χ0v) is 21.5. The van der Waals surface area contributed by atoms with Gasteiger partial charge in [0, 0.05) is 0 Å². The highest BCUT2D eigenvalue weighted by Gasteiger charge is 2.40. The van der Waals surface area contributed by atoms with E-state index in [-0.39, 0.29) is 18.2 Å². The topological polar surface area (TPSA) is 38.8 Å². The highest BCUT2D eigenvalue weighted by molar-refractivity contribution is 5.78. The predicted molar refractivity (Wildman–Crippen MR) is 138 cm³/mol. The van der Waals surface area contributed by atoms with Gasteiger partial charge >= 0.3 is 6.09 Å². The first-order valence-electron chi connectivity index (χ1n) is 12.7. The van der Waals surface area contributed by atoms with Crippen LogP contribution in [0.15, 0.2) is 48.5 Å². The Morgan fingerprint density at radius 3 is 2.18 bits per heavy atom. The van der Waals surface area contributed by atoms with Crippen molar-refractivity contribution in [1.82, 2.24) is 4.90 Å². The molecule has 34 heavy (non-hydrogen) atoms. The third-order valence-electron chi connectivity index (χ3n) is 7.07. The molecule has 1 fully saturated rings. The molecule has 2 aromatic rings. The Labute approximate surface area is 205 Å². The fraction of sp³-hybridized carbons (Fsp3) is 0.500. The average Bonchev–Trinajstić information content (AvgIpc) is 2.81. The lowest BCUT2D eigenvalue weighted by Gasteiger charge is -2.44. The van der Waals surface area contributed by atoms with Crippen molar-refractivity contribution >= 4 is 11.7 Å². The van der Waals surface area contributed by atoms with Gasteiger partial charge in [0.25, 0.3) is 0 Å². The minimum absolute atomic E-state index is 0.00757. The number of nitrogens with zero attached hydrogens (tertiary/aromatic N) is 1. The Morgan fingerprint density at radius 1 is 0.971 bits per heavy atom. The number of carbonyl (C=O) groups excluding carboxylic acids is 1. The summed E-state index contributed by atoms with van der Waals surface area (Å²) in [4.78, 5) is 15.0. The van der Waals surface area contributed by atoms with E-state index < -0.39 is 0 Å². The van der Waals surface area contributed by atoms with Gasteiger partial charge in [0.05, 0.1) is 25.3 Å². The van der Waals surface area contributed by atoms with Gasteiger partial charge in [-0.05, 0) is 57.6 Å². The SMILES string of the molecule is CC(C)c1cc(C(C)C)c(C2=CC3COCC(C2)N3C(=O)OCc2ccccc2)c(C(C)C)c1. The molecule has 1 amide bonds. The maximum absolute atomic E-state index is 13.1. The lowest BCUT2D eigenvalue weighted by Crippen LogP contribution is -2.56. The van der Waals surface area contributed by atoms with Crippen LogP contribution < -0.4 is 0 Å². The molecule has 4 nitrogen and oxygen atoms in total. The Kier molecular flexibility index (Phi) is 7.47. The third-order valence-corrected chi connectivity index (χ3v) is 7.07. The van der Waals surface area contributed by atoms with Gasteiger partial charge in [-0.3, -0.25) is 4.90 Å². The fourth-order valence-corrected chi connectivity index (χ4v) is 5.19. The number of morpholine rings is 1. The van der Waals surface area contributed by atoms with Gasteiger partial charge < -0.3 is 9.47 Å². The van der Waals surface area contributed by atoms with Gasteiger partial charge in [0.1, 0.15) is 6.61 Å². The lowest BCUT2D eigenvalue weighted by atomic mass is 9.78. The molecule has 2 aromatic carbocycles. The van der Waals surface area contributed by atoms with Gasteiger partial charge in [0.2, 0.25) is 0 Å². The zero-order valence-electron chi connectivity index (χ0n) is 21.5. The molecule has 0 radical (unpaired) electrons. The molecule has 4 rings (SSSR count). The lowest BCUT2D eigenvalue weighted by molar-refractivity contribution is -0.0342. The van der Waals surface area contributed by atoms with Crippen molar-refractivity contribution in [2.45, 2.75) is 84.4 Å². The van der Waals surface area contributed by atoms with Crippen LogP contribution in [0.3, 0.4) is 0 Å². The molecular formula is C30H39NO3. The number of amides is 1. The summed E-state index contributed by atoms with van der Waals surface area (Å²) < 4.78 is 11.6. The second-order valence-corrected chi connectivity index (χ2v) is 10.6. The summed E-state index contributed by atoms with van der Waals surface area (Å²) >= 11 is 0. The quantitative estimate of drug-likeness (QED) is 0.455. The molecule has 0 aliphatic carbocycles. The average molecular weight is 462 g/mol. The molecule has 0 saturated carbocycles. The number of benzene rings is 2. The van der Waals surface area contributed by atoms with Crippen molar-refractivity contribution in [3.05, 3.63) is 76.4 Å². The maximum atomic E-state index is 13.1. The molecule has 182 valence electrons. The molecular weight excluding hydrogens is 422 g/mol. The number of carbonyl (C=O) groups is 1. The van der Waals surface area contributed by atoms with E-state index in [2.05, 4.69) is 59.8 Å². The van der Waals surface area contributed by atoms with E-state index in [1.54, 1.807) is 0 Å².